The van der Waals surface area contributed by atoms with E-state index in [4.69, 9.17) is 9.47 Å². The largest absolute Gasteiger partial charge is 0.458 e. The smallest absolute Gasteiger partial charge is 0.260 e. The van der Waals surface area contributed by atoms with Gasteiger partial charge in [0.2, 0.25) is 0 Å². The number of nitrogens with zero attached hydrogens (tertiary/aromatic N) is 4. The van der Waals surface area contributed by atoms with Crippen LogP contribution in [-0.4, -0.2) is 13.4 Å². The summed E-state index contributed by atoms with van der Waals surface area (Å²) in [5.74, 6) is 3.22. The SMILES string of the molecule is CC(C)(C)c1ccc(N(c2ccc(C(C)(C)C)cc2)c2cc3c4c(c2)Oc2cc5c(cc2B4c2ccccc2O3)B2c3ccccc3N(c3ccccc3)c3cc(N(c4ccc(C(C)(C)C)cc4)c4ccc(C(C)(C)C)cc4)cc(c32)N5c2ccccc2)cc1. The zero-order chi connectivity index (χ0) is 62.2. The van der Waals surface area contributed by atoms with Gasteiger partial charge in [0.05, 0.1) is 11.4 Å². The maximum atomic E-state index is 7.61. The van der Waals surface area contributed by atoms with Crippen molar-refractivity contribution < 1.29 is 9.47 Å². The lowest BCUT2D eigenvalue weighted by atomic mass is 9.31. The highest BCUT2D eigenvalue weighted by atomic mass is 16.5. The van der Waals surface area contributed by atoms with E-state index in [0.29, 0.717) is 0 Å². The van der Waals surface area contributed by atoms with Gasteiger partial charge in [-0.25, -0.2) is 0 Å². The minimum absolute atomic E-state index is 0.00576. The minimum Gasteiger partial charge on any atom is -0.458 e. The number of hydrogen-bond acceptors (Lipinski definition) is 6. The van der Waals surface area contributed by atoms with Gasteiger partial charge in [0.15, 0.2) is 0 Å². The van der Waals surface area contributed by atoms with Crippen LogP contribution in [0.5, 0.6) is 23.0 Å². The Kier molecular flexibility index (Phi) is 13.3. The third kappa shape index (κ3) is 9.65. The first-order chi connectivity index (χ1) is 43.2. The molecule has 90 heavy (non-hydrogen) atoms. The van der Waals surface area contributed by atoms with Crippen LogP contribution in [0.3, 0.4) is 0 Å². The van der Waals surface area contributed by atoms with E-state index in [2.05, 4.69) is 345 Å². The highest BCUT2D eigenvalue weighted by molar-refractivity contribution is 7.02. The molecule has 4 heterocycles. The third-order valence-electron chi connectivity index (χ3n) is 19.0. The first-order valence-corrected chi connectivity index (χ1v) is 32.0. The molecule has 15 rings (SSSR count). The second-order valence-electron chi connectivity index (χ2n) is 29.1. The molecule has 442 valence electrons. The summed E-state index contributed by atoms with van der Waals surface area (Å²) >= 11 is 0. The van der Waals surface area contributed by atoms with Gasteiger partial charge in [0.25, 0.3) is 13.4 Å². The molecule has 4 aliphatic heterocycles. The van der Waals surface area contributed by atoms with E-state index < -0.39 is 0 Å². The summed E-state index contributed by atoms with van der Waals surface area (Å²) in [6.07, 6.45) is 0. The number of hydrogen-bond donors (Lipinski definition) is 0. The zero-order valence-corrected chi connectivity index (χ0v) is 53.9. The highest BCUT2D eigenvalue weighted by Gasteiger charge is 2.48. The lowest BCUT2D eigenvalue weighted by Crippen LogP contribution is -2.63. The minimum atomic E-state index is -0.190. The molecule has 0 aliphatic carbocycles. The Bertz CT molecular complexity index is 4460. The van der Waals surface area contributed by atoms with Crippen molar-refractivity contribution >= 4 is 114 Å². The number of fused-ring (bicyclic) bond motifs is 8. The Hall–Kier alpha value is -9.65. The van der Waals surface area contributed by atoms with Crippen LogP contribution in [0.2, 0.25) is 0 Å². The standard InChI is InChI=1S/C82H76B2N4O2/c1-79(2,3)53-31-39-59(40-32-53)85(60-41-33-54(34-42-60)80(4,5)6)63-47-71-77-72(48-63)88(58-25-17-14-18-26-58)70-52-74-68(51-67(70)83(77)65-27-19-21-29-69(65)87(71)57-23-15-13-16-24-57)84-66-28-20-22-30-73(66)89-75-49-64(50-76(90-74)78(75)84)86(61-43-35-55(36-44-61)81(7,8)9)62-45-37-56(38-46-62)82(10,11)12/h13-52H,1-12H3. The van der Waals surface area contributed by atoms with E-state index in [-0.39, 0.29) is 35.1 Å². The fourth-order valence-corrected chi connectivity index (χ4v) is 14.2. The summed E-state index contributed by atoms with van der Waals surface area (Å²) < 4.78 is 14.8. The second-order valence-corrected chi connectivity index (χ2v) is 29.1. The Morgan fingerprint density at radius 2 is 0.633 bits per heavy atom. The fraction of sp³-hybridized carbons (Fsp3) is 0.195. The maximum Gasteiger partial charge on any atom is 0.260 e. The summed E-state index contributed by atoms with van der Waals surface area (Å²) in [5.41, 5.74) is 24.9. The molecule has 0 radical (unpaired) electrons. The summed E-state index contributed by atoms with van der Waals surface area (Å²) in [5, 5.41) is 0. The van der Waals surface area contributed by atoms with Crippen LogP contribution in [0, 0.1) is 0 Å². The molecule has 0 spiro atoms. The number of rotatable bonds is 8. The molecule has 0 saturated heterocycles. The van der Waals surface area contributed by atoms with Crippen molar-refractivity contribution in [2.75, 3.05) is 19.6 Å². The predicted octanol–water partition coefficient (Wildman–Crippen LogP) is 18.6. The normalized spacial score (nSPS) is 13.6. The molecular weight excluding hydrogens is 1090 g/mol. The molecule has 0 amide bonds. The number of anilines is 12. The van der Waals surface area contributed by atoms with Crippen molar-refractivity contribution in [2.24, 2.45) is 0 Å². The molecule has 0 aromatic heterocycles. The lowest BCUT2D eigenvalue weighted by Gasteiger charge is -2.45. The number of ether oxygens (including phenoxy) is 2. The highest BCUT2D eigenvalue weighted by Crippen LogP contribution is 2.51. The van der Waals surface area contributed by atoms with Gasteiger partial charge >= 0.3 is 0 Å². The van der Waals surface area contributed by atoms with Crippen LogP contribution < -0.4 is 61.9 Å². The van der Waals surface area contributed by atoms with Crippen molar-refractivity contribution in [3.05, 3.63) is 265 Å². The van der Waals surface area contributed by atoms with Crippen LogP contribution >= 0.6 is 0 Å². The van der Waals surface area contributed by atoms with Crippen molar-refractivity contribution in [3.63, 3.8) is 0 Å². The van der Waals surface area contributed by atoms with E-state index in [0.717, 1.165) is 108 Å². The average molecular weight is 1170 g/mol. The summed E-state index contributed by atoms with van der Waals surface area (Å²) in [6.45, 7) is 27.0. The van der Waals surface area contributed by atoms with Crippen molar-refractivity contribution in [3.8, 4) is 23.0 Å². The molecule has 6 nitrogen and oxygen atoms in total. The van der Waals surface area contributed by atoms with Crippen LogP contribution in [0.4, 0.5) is 68.2 Å². The Balaban J connectivity index is 0.974. The first kappa shape index (κ1) is 56.8. The van der Waals surface area contributed by atoms with Crippen LogP contribution in [-0.2, 0) is 21.7 Å². The quantitative estimate of drug-likeness (QED) is 0.141. The molecule has 0 saturated carbocycles. The molecule has 0 fully saturated rings. The van der Waals surface area contributed by atoms with Crippen LogP contribution in [0.1, 0.15) is 105 Å². The van der Waals surface area contributed by atoms with E-state index in [1.54, 1.807) is 0 Å². The number of para-hydroxylation sites is 4. The molecule has 8 heteroatoms. The molecule has 0 bridgehead atoms. The predicted molar refractivity (Wildman–Crippen MR) is 382 cm³/mol. The Labute approximate surface area is 533 Å². The van der Waals surface area contributed by atoms with Gasteiger partial charge in [0, 0.05) is 80.5 Å². The molecule has 11 aromatic carbocycles. The molecule has 0 unspecified atom stereocenters. The number of benzene rings is 11. The van der Waals surface area contributed by atoms with Gasteiger partial charge < -0.3 is 29.1 Å². The van der Waals surface area contributed by atoms with Crippen LogP contribution in [0.15, 0.2) is 243 Å². The van der Waals surface area contributed by atoms with Crippen molar-refractivity contribution in [2.45, 2.75) is 105 Å². The molecular formula is C82H76B2N4O2. The maximum absolute atomic E-state index is 7.61. The third-order valence-corrected chi connectivity index (χ3v) is 19.0. The Morgan fingerprint density at radius 3 is 1.08 bits per heavy atom. The van der Waals surface area contributed by atoms with Crippen molar-refractivity contribution in [1.29, 1.82) is 0 Å². The summed E-state index contributed by atoms with van der Waals surface area (Å²) in [7, 11) is 0. The summed E-state index contributed by atoms with van der Waals surface area (Å²) in [6, 6.07) is 90.3. The fourth-order valence-electron chi connectivity index (χ4n) is 14.2. The van der Waals surface area contributed by atoms with Crippen molar-refractivity contribution in [1.82, 2.24) is 0 Å². The topological polar surface area (TPSA) is 31.4 Å². The second kappa shape index (κ2) is 21.0. The summed E-state index contributed by atoms with van der Waals surface area (Å²) in [4.78, 5) is 9.82. The Morgan fingerprint density at radius 1 is 0.267 bits per heavy atom. The van der Waals surface area contributed by atoms with Gasteiger partial charge in [-0.2, -0.15) is 0 Å². The molecule has 4 aliphatic rings. The van der Waals surface area contributed by atoms with E-state index >= 15 is 0 Å². The zero-order valence-electron chi connectivity index (χ0n) is 53.9. The van der Waals surface area contributed by atoms with Crippen LogP contribution in [0.25, 0.3) is 0 Å². The monoisotopic (exact) mass is 1170 g/mol. The van der Waals surface area contributed by atoms with Gasteiger partial charge in [0.1, 0.15) is 23.0 Å². The van der Waals surface area contributed by atoms with Gasteiger partial charge in [-0.05, 0) is 168 Å². The first-order valence-electron chi connectivity index (χ1n) is 32.0. The van der Waals surface area contributed by atoms with Gasteiger partial charge in [-0.3, -0.25) is 0 Å². The average Bonchev–Trinajstić information content (AvgIpc) is 0.694. The molecule has 11 aromatic rings. The molecule has 0 atom stereocenters. The van der Waals surface area contributed by atoms with Gasteiger partial charge in [-0.15, -0.1) is 0 Å². The van der Waals surface area contributed by atoms with E-state index in [9.17, 15) is 0 Å². The van der Waals surface area contributed by atoms with E-state index in [1.807, 2.05) is 0 Å². The van der Waals surface area contributed by atoms with Gasteiger partial charge in [-0.1, -0.05) is 210 Å². The molecule has 0 N–H and O–H groups in total. The van der Waals surface area contributed by atoms with E-state index in [1.165, 1.54) is 38.6 Å². The lowest BCUT2D eigenvalue weighted by molar-refractivity contribution is 0.465.